The molecule has 0 saturated heterocycles. The zero-order valence-corrected chi connectivity index (χ0v) is 5.61. The van der Waals surface area contributed by atoms with Gasteiger partial charge < -0.3 is 0 Å². The molecule has 0 radical (unpaired) electrons. The molecule has 0 aromatic carbocycles. The highest BCUT2D eigenvalue weighted by Crippen LogP contribution is 1.84. The van der Waals surface area contributed by atoms with Gasteiger partial charge in [-0.1, -0.05) is 13.0 Å². The molecule has 0 saturated carbocycles. The largest absolute Gasteiger partial charge is 0.295 e. The predicted octanol–water partition coefficient (Wildman–Crippen LogP) is 1.76. The van der Waals surface area contributed by atoms with Gasteiger partial charge in [0.1, 0.15) is 0 Å². The fourth-order valence-corrected chi connectivity index (χ4v) is 0.383. The second kappa shape index (κ2) is 4.85. The monoisotopic (exact) mass is 132 g/mol. The summed E-state index contributed by atoms with van der Waals surface area (Å²) >= 11 is 5.26. The first-order valence-electron chi connectivity index (χ1n) is 2.56. The highest BCUT2D eigenvalue weighted by molar-refractivity contribution is 6.19. The highest BCUT2D eigenvalue weighted by Gasteiger charge is 1.85. The van der Waals surface area contributed by atoms with Gasteiger partial charge in [0.25, 0.3) is 0 Å². The third-order valence-electron chi connectivity index (χ3n) is 0.741. The fourth-order valence-electron chi connectivity index (χ4n) is 0.294. The normalized spacial score (nSPS) is 10.2. The molecule has 0 aromatic rings. The molecule has 2 heteroatoms. The number of ketones is 1. The van der Waals surface area contributed by atoms with E-state index in [1.54, 1.807) is 6.08 Å². The average Bonchev–Trinajstić information content (AvgIpc) is 1.83. The lowest BCUT2D eigenvalue weighted by Crippen LogP contribution is -1.86. The van der Waals surface area contributed by atoms with Crippen molar-refractivity contribution in [2.24, 2.45) is 0 Å². The molecule has 0 unspecified atom stereocenters. The van der Waals surface area contributed by atoms with Gasteiger partial charge in [-0.3, -0.25) is 4.79 Å². The summed E-state index contributed by atoms with van der Waals surface area (Å²) in [5, 5.41) is 0. The first-order chi connectivity index (χ1) is 3.81. The van der Waals surface area contributed by atoms with E-state index >= 15 is 0 Å². The van der Waals surface area contributed by atoms with Gasteiger partial charge in [-0.2, -0.15) is 0 Å². The van der Waals surface area contributed by atoms with E-state index in [-0.39, 0.29) is 5.78 Å². The Bertz CT molecular complexity index is 96.7. The van der Waals surface area contributed by atoms with Gasteiger partial charge in [0.05, 0.1) is 0 Å². The number of halogens is 1. The van der Waals surface area contributed by atoms with E-state index < -0.39 is 0 Å². The van der Waals surface area contributed by atoms with Crippen molar-refractivity contribution >= 4 is 17.4 Å². The summed E-state index contributed by atoms with van der Waals surface area (Å²) in [6.07, 6.45) is 3.72. The third kappa shape index (κ3) is 3.88. The fraction of sp³-hybridized carbons (Fsp3) is 0.500. The molecule has 0 bridgehead atoms. The molecule has 0 amide bonds. The molecule has 0 atom stereocenters. The molecule has 0 aromatic heterocycles. The smallest absolute Gasteiger partial charge is 0.155 e. The van der Waals surface area contributed by atoms with Gasteiger partial charge in [-0.15, -0.1) is 11.6 Å². The molecule has 0 aliphatic carbocycles. The molecule has 0 aliphatic rings. The minimum absolute atomic E-state index is 0.130. The van der Waals surface area contributed by atoms with Crippen LogP contribution in [0.1, 0.15) is 13.3 Å². The van der Waals surface area contributed by atoms with Crippen molar-refractivity contribution in [1.82, 2.24) is 0 Å². The van der Waals surface area contributed by atoms with E-state index in [4.69, 9.17) is 11.6 Å². The van der Waals surface area contributed by atoms with Crippen LogP contribution in [0.4, 0.5) is 0 Å². The second-order valence-corrected chi connectivity index (χ2v) is 1.69. The summed E-state index contributed by atoms with van der Waals surface area (Å²) in [5.74, 6) is 0.553. The Kier molecular flexibility index (Phi) is 4.67. The Morgan fingerprint density at radius 2 is 2.38 bits per heavy atom. The summed E-state index contributed by atoms with van der Waals surface area (Å²) < 4.78 is 0. The SMILES string of the molecule is CCC(=O)/C=C/CCl. The van der Waals surface area contributed by atoms with Crippen molar-refractivity contribution in [3.63, 3.8) is 0 Å². The Hall–Kier alpha value is -0.300. The number of hydrogen-bond acceptors (Lipinski definition) is 1. The van der Waals surface area contributed by atoms with Crippen molar-refractivity contribution in [2.75, 3.05) is 5.88 Å². The Morgan fingerprint density at radius 3 is 2.75 bits per heavy atom. The minimum atomic E-state index is 0.130. The van der Waals surface area contributed by atoms with Gasteiger partial charge in [-0.05, 0) is 6.08 Å². The standard InChI is InChI=1S/C6H9ClO/c1-2-6(8)4-3-5-7/h3-4H,2,5H2,1H3/b4-3+. The maximum Gasteiger partial charge on any atom is 0.155 e. The molecule has 0 fully saturated rings. The quantitative estimate of drug-likeness (QED) is 0.423. The molecule has 46 valence electrons. The van der Waals surface area contributed by atoms with Crippen LogP contribution in [0.3, 0.4) is 0 Å². The number of alkyl halides is 1. The van der Waals surface area contributed by atoms with E-state index in [2.05, 4.69) is 0 Å². The Balaban J connectivity index is 3.37. The van der Waals surface area contributed by atoms with Crippen LogP contribution in [0.25, 0.3) is 0 Å². The molecule has 0 heterocycles. The number of carbonyl (C=O) groups excluding carboxylic acids is 1. The maximum atomic E-state index is 10.4. The molecule has 0 N–H and O–H groups in total. The van der Waals surface area contributed by atoms with Crippen molar-refractivity contribution in [1.29, 1.82) is 0 Å². The lowest BCUT2D eigenvalue weighted by atomic mass is 10.3. The zero-order chi connectivity index (χ0) is 6.41. The van der Waals surface area contributed by atoms with Gasteiger partial charge in [0.15, 0.2) is 5.78 Å². The van der Waals surface area contributed by atoms with E-state index in [9.17, 15) is 4.79 Å². The molecular formula is C6H9ClO. The molecule has 0 rings (SSSR count). The van der Waals surface area contributed by atoms with Crippen LogP contribution in [0.5, 0.6) is 0 Å². The lowest BCUT2D eigenvalue weighted by molar-refractivity contribution is -0.114. The Morgan fingerprint density at radius 1 is 1.75 bits per heavy atom. The lowest BCUT2D eigenvalue weighted by Gasteiger charge is -1.80. The number of hydrogen-bond donors (Lipinski definition) is 0. The number of rotatable bonds is 3. The predicted molar refractivity (Wildman–Crippen MR) is 35.2 cm³/mol. The van der Waals surface area contributed by atoms with Crippen LogP contribution in [-0.4, -0.2) is 11.7 Å². The summed E-state index contributed by atoms with van der Waals surface area (Å²) in [5.41, 5.74) is 0. The Labute approximate surface area is 54.3 Å². The highest BCUT2D eigenvalue weighted by atomic mass is 35.5. The van der Waals surface area contributed by atoms with E-state index in [1.807, 2.05) is 6.92 Å². The second-order valence-electron chi connectivity index (χ2n) is 1.38. The molecular weight excluding hydrogens is 124 g/mol. The van der Waals surface area contributed by atoms with Gasteiger partial charge in [0.2, 0.25) is 0 Å². The van der Waals surface area contributed by atoms with Crippen LogP contribution in [0, 0.1) is 0 Å². The summed E-state index contributed by atoms with van der Waals surface area (Å²) in [4.78, 5) is 10.4. The maximum absolute atomic E-state index is 10.4. The zero-order valence-electron chi connectivity index (χ0n) is 4.86. The van der Waals surface area contributed by atoms with Crippen LogP contribution in [-0.2, 0) is 4.79 Å². The average molecular weight is 133 g/mol. The van der Waals surface area contributed by atoms with Gasteiger partial charge >= 0.3 is 0 Å². The van der Waals surface area contributed by atoms with Gasteiger partial charge in [-0.25, -0.2) is 0 Å². The van der Waals surface area contributed by atoms with E-state index in [0.717, 1.165) is 0 Å². The molecule has 1 nitrogen and oxygen atoms in total. The first kappa shape index (κ1) is 7.70. The summed E-state index contributed by atoms with van der Waals surface area (Å²) in [6.45, 7) is 1.82. The third-order valence-corrected chi connectivity index (χ3v) is 0.919. The van der Waals surface area contributed by atoms with Crippen LogP contribution >= 0.6 is 11.6 Å². The molecule has 0 spiro atoms. The molecule has 0 aliphatic heterocycles. The van der Waals surface area contributed by atoms with Crippen LogP contribution in [0.15, 0.2) is 12.2 Å². The van der Waals surface area contributed by atoms with E-state index in [0.29, 0.717) is 12.3 Å². The van der Waals surface area contributed by atoms with Crippen molar-refractivity contribution in [3.05, 3.63) is 12.2 Å². The number of allylic oxidation sites excluding steroid dienone is 2. The first-order valence-corrected chi connectivity index (χ1v) is 3.10. The van der Waals surface area contributed by atoms with Crippen LogP contribution < -0.4 is 0 Å². The van der Waals surface area contributed by atoms with Gasteiger partial charge in [0, 0.05) is 12.3 Å². The van der Waals surface area contributed by atoms with E-state index in [1.165, 1.54) is 6.08 Å². The topological polar surface area (TPSA) is 17.1 Å². The number of carbonyl (C=O) groups is 1. The van der Waals surface area contributed by atoms with Crippen molar-refractivity contribution in [3.8, 4) is 0 Å². The summed E-state index contributed by atoms with van der Waals surface area (Å²) in [7, 11) is 0. The molecule has 8 heavy (non-hydrogen) atoms. The minimum Gasteiger partial charge on any atom is -0.295 e. The summed E-state index contributed by atoms with van der Waals surface area (Å²) in [6, 6.07) is 0. The van der Waals surface area contributed by atoms with Crippen molar-refractivity contribution in [2.45, 2.75) is 13.3 Å². The van der Waals surface area contributed by atoms with Crippen LogP contribution in [0.2, 0.25) is 0 Å². The van der Waals surface area contributed by atoms with Crippen molar-refractivity contribution < 1.29 is 4.79 Å².